The van der Waals surface area contributed by atoms with E-state index < -0.39 is 0 Å². The van der Waals surface area contributed by atoms with Crippen LogP contribution in [0.4, 0.5) is 11.4 Å². The van der Waals surface area contributed by atoms with E-state index >= 15 is 0 Å². The minimum atomic E-state index is 0.235. The summed E-state index contributed by atoms with van der Waals surface area (Å²) in [6, 6.07) is 4.05. The van der Waals surface area contributed by atoms with E-state index in [0.29, 0.717) is 23.9 Å². The molecule has 1 rings (SSSR count). The summed E-state index contributed by atoms with van der Waals surface area (Å²) in [6.07, 6.45) is 0. The van der Waals surface area contributed by atoms with Crippen LogP contribution in [0.2, 0.25) is 5.02 Å². The maximum absolute atomic E-state index is 6.13. The van der Waals surface area contributed by atoms with Gasteiger partial charge in [0.1, 0.15) is 0 Å². The Kier molecular flexibility index (Phi) is 6.42. The van der Waals surface area contributed by atoms with Gasteiger partial charge in [-0.15, -0.1) is 0 Å². The van der Waals surface area contributed by atoms with Gasteiger partial charge in [0.2, 0.25) is 0 Å². The largest absolute Gasteiger partial charge is 0.398 e. The minimum absolute atomic E-state index is 0.235. The van der Waals surface area contributed by atoms with Crippen LogP contribution in [0.1, 0.15) is 12.5 Å². The maximum atomic E-state index is 6.13. The average molecular weight is 287 g/mol. The summed E-state index contributed by atoms with van der Waals surface area (Å²) in [5, 5.41) is 0.577. The zero-order chi connectivity index (χ0) is 14.4. The Labute approximate surface area is 120 Å². The lowest BCUT2D eigenvalue weighted by Crippen LogP contribution is -2.39. The van der Waals surface area contributed by atoms with E-state index in [1.54, 1.807) is 14.2 Å². The first kappa shape index (κ1) is 16.1. The van der Waals surface area contributed by atoms with Crippen molar-refractivity contribution >= 4 is 23.0 Å². The summed E-state index contributed by atoms with van der Waals surface area (Å²) in [4.78, 5) is 2.23. The Morgan fingerprint density at radius 1 is 1.32 bits per heavy atom. The molecule has 0 heterocycles. The summed E-state index contributed by atoms with van der Waals surface area (Å²) < 4.78 is 10.4. The molecule has 1 unspecified atom stereocenters. The molecule has 4 nitrogen and oxygen atoms in total. The van der Waals surface area contributed by atoms with E-state index in [0.717, 1.165) is 17.8 Å². The van der Waals surface area contributed by atoms with E-state index in [4.69, 9.17) is 26.8 Å². The number of nitrogens with zero attached hydrogens (tertiary/aromatic N) is 1. The standard InChI is InChI=1S/C14H23ClN2O2/c1-10-7-13(16)12(15)8-14(10)17(5-6-18-3)11(2)9-19-4/h7-8,11H,5-6,9,16H2,1-4H3. The second-order valence-corrected chi connectivity index (χ2v) is 5.06. The van der Waals surface area contributed by atoms with Crippen molar-refractivity contribution < 1.29 is 9.47 Å². The van der Waals surface area contributed by atoms with Crippen LogP contribution in [0.15, 0.2) is 12.1 Å². The number of nitrogen functional groups attached to an aromatic ring is 1. The molecule has 1 aromatic rings. The third-order valence-electron chi connectivity index (χ3n) is 3.10. The molecule has 0 aliphatic carbocycles. The molecule has 1 aromatic carbocycles. The number of ether oxygens (including phenoxy) is 2. The van der Waals surface area contributed by atoms with Crippen molar-refractivity contribution in [1.29, 1.82) is 0 Å². The third-order valence-corrected chi connectivity index (χ3v) is 3.43. The highest BCUT2D eigenvalue weighted by Gasteiger charge is 2.17. The fraction of sp³-hybridized carbons (Fsp3) is 0.571. The molecule has 0 aliphatic heterocycles. The highest BCUT2D eigenvalue weighted by Crippen LogP contribution is 2.30. The van der Waals surface area contributed by atoms with E-state index in [2.05, 4.69) is 11.8 Å². The lowest BCUT2D eigenvalue weighted by atomic mass is 10.1. The molecular formula is C14H23ClN2O2. The fourth-order valence-electron chi connectivity index (χ4n) is 2.10. The average Bonchev–Trinajstić information content (AvgIpc) is 2.36. The summed E-state index contributed by atoms with van der Waals surface area (Å²) in [5.74, 6) is 0. The zero-order valence-corrected chi connectivity index (χ0v) is 12.8. The zero-order valence-electron chi connectivity index (χ0n) is 12.1. The Morgan fingerprint density at radius 2 is 2.00 bits per heavy atom. The van der Waals surface area contributed by atoms with Crippen molar-refractivity contribution in [3.05, 3.63) is 22.7 Å². The Balaban J connectivity index is 3.05. The molecule has 0 spiro atoms. The van der Waals surface area contributed by atoms with Crippen LogP contribution in [0.25, 0.3) is 0 Å². The van der Waals surface area contributed by atoms with E-state index in [1.807, 2.05) is 19.1 Å². The van der Waals surface area contributed by atoms with E-state index in [9.17, 15) is 0 Å². The molecule has 0 bridgehead atoms. The Hall–Kier alpha value is -0.970. The molecule has 0 radical (unpaired) electrons. The molecule has 19 heavy (non-hydrogen) atoms. The summed E-state index contributed by atoms with van der Waals surface area (Å²) >= 11 is 6.13. The lowest BCUT2D eigenvalue weighted by molar-refractivity contribution is 0.171. The molecule has 0 saturated carbocycles. The number of halogens is 1. The molecular weight excluding hydrogens is 264 g/mol. The first-order valence-corrected chi connectivity index (χ1v) is 6.69. The highest BCUT2D eigenvalue weighted by molar-refractivity contribution is 6.33. The molecule has 5 heteroatoms. The molecule has 0 aromatic heterocycles. The van der Waals surface area contributed by atoms with Gasteiger partial charge in [0, 0.05) is 32.5 Å². The van der Waals surface area contributed by atoms with E-state index in [1.165, 1.54) is 0 Å². The van der Waals surface area contributed by atoms with Crippen molar-refractivity contribution in [3.63, 3.8) is 0 Å². The first-order valence-electron chi connectivity index (χ1n) is 6.31. The van der Waals surface area contributed by atoms with Gasteiger partial charge in [-0.1, -0.05) is 11.6 Å². The van der Waals surface area contributed by atoms with Gasteiger partial charge in [-0.2, -0.15) is 0 Å². The minimum Gasteiger partial charge on any atom is -0.398 e. The molecule has 0 saturated heterocycles. The van der Waals surface area contributed by atoms with Crippen molar-refractivity contribution in [2.24, 2.45) is 0 Å². The summed E-state index contributed by atoms with van der Waals surface area (Å²) in [6.45, 7) is 6.22. The van der Waals surface area contributed by atoms with Crippen LogP contribution in [0.3, 0.4) is 0 Å². The summed E-state index contributed by atoms with van der Waals surface area (Å²) in [7, 11) is 3.40. The topological polar surface area (TPSA) is 47.7 Å². The summed E-state index contributed by atoms with van der Waals surface area (Å²) in [5.41, 5.74) is 8.60. The number of nitrogens with two attached hydrogens (primary N) is 1. The van der Waals surface area contributed by atoms with Gasteiger partial charge >= 0.3 is 0 Å². The van der Waals surface area contributed by atoms with Crippen LogP contribution in [0.5, 0.6) is 0 Å². The Morgan fingerprint density at radius 3 is 2.58 bits per heavy atom. The first-order chi connectivity index (χ1) is 9.01. The fourth-order valence-corrected chi connectivity index (χ4v) is 2.26. The highest BCUT2D eigenvalue weighted by atomic mass is 35.5. The van der Waals surface area contributed by atoms with Crippen molar-refractivity contribution in [2.75, 3.05) is 44.6 Å². The predicted molar refractivity (Wildman–Crippen MR) is 81.2 cm³/mol. The SMILES string of the molecule is COCCN(c1cc(Cl)c(N)cc1C)C(C)COC. The number of benzene rings is 1. The smallest absolute Gasteiger partial charge is 0.0663 e. The maximum Gasteiger partial charge on any atom is 0.0663 e. The van der Waals surface area contributed by atoms with Gasteiger partial charge in [0.05, 0.1) is 23.9 Å². The van der Waals surface area contributed by atoms with Crippen LogP contribution >= 0.6 is 11.6 Å². The molecule has 2 N–H and O–H groups in total. The number of anilines is 2. The molecule has 0 amide bonds. The van der Waals surface area contributed by atoms with Gasteiger partial charge in [-0.3, -0.25) is 0 Å². The van der Waals surface area contributed by atoms with Gasteiger partial charge < -0.3 is 20.1 Å². The normalized spacial score (nSPS) is 12.5. The molecule has 0 aliphatic rings. The number of methoxy groups -OCH3 is 2. The third kappa shape index (κ3) is 4.27. The van der Waals surface area contributed by atoms with E-state index in [-0.39, 0.29) is 6.04 Å². The number of rotatable bonds is 7. The molecule has 108 valence electrons. The van der Waals surface area contributed by atoms with Crippen LogP contribution in [0, 0.1) is 6.92 Å². The number of hydrogen-bond acceptors (Lipinski definition) is 4. The van der Waals surface area contributed by atoms with Gasteiger partial charge in [0.15, 0.2) is 0 Å². The molecule has 0 fully saturated rings. The van der Waals surface area contributed by atoms with Crippen molar-refractivity contribution in [1.82, 2.24) is 0 Å². The van der Waals surface area contributed by atoms with Crippen LogP contribution < -0.4 is 10.6 Å². The Bertz CT molecular complexity index is 413. The number of hydrogen-bond donors (Lipinski definition) is 1. The quantitative estimate of drug-likeness (QED) is 0.783. The van der Waals surface area contributed by atoms with Gasteiger partial charge in [-0.05, 0) is 31.5 Å². The van der Waals surface area contributed by atoms with Crippen LogP contribution in [-0.2, 0) is 9.47 Å². The predicted octanol–water partition coefficient (Wildman–Crippen LogP) is 2.72. The second kappa shape index (κ2) is 7.58. The van der Waals surface area contributed by atoms with Crippen molar-refractivity contribution in [3.8, 4) is 0 Å². The van der Waals surface area contributed by atoms with Gasteiger partial charge in [-0.25, -0.2) is 0 Å². The van der Waals surface area contributed by atoms with Crippen molar-refractivity contribution in [2.45, 2.75) is 19.9 Å². The monoisotopic (exact) mass is 286 g/mol. The van der Waals surface area contributed by atoms with Gasteiger partial charge in [0.25, 0.3) is 0 Å². The second-order valence-electron chi connectivity index (χ2n) is 4.65. The lowest BCUT2D eigenvalue weighted by Gasteiger charge is -2.32. The molecule has 1 atom stereocenters. The number of aryl methyl sites for hydroxylation is 1. The van der Waals surface area contributed by atoms with Crippen LogP contribution in [-0.4, -0.2) is 40.0 Å².